The number of aliphatic hydroxyl groups excluding tert-OH is 1. The first-order chi connectivity index (χ1) is 4.54. The van der Waals surface area contributed by atoms with E-state index in [-0.39, 0.29) is 6.10 Å². The molecule has 0 saturated heterocycles. The van der Waals surface area contributed by atoms with Crippen LogP contribution in [0.1, 0.15) is 20.8 Å². The van der Waals surface area contributed by atoms with Crippen molar-refractivity contribution in [3.63, 3.8) is 0 Å². The van der Waals surface area contributed by atoms with Gasteiger partial charge in [0.2, 0.25) is 0 Å². The molecule has 10 heavy (non-hydrogen) atoms. The van der Waals surface area contributed by atoms with Crippen molar-refractivity contribution in [3.05, 3.63) is 0 Å². The minimum absolute atomic E-state index is 0.0989. The fraction of sp³-hybridized carbons (Fsp3) is 1.00. The molecule has 0 bridgehead atoms. The van der Waals surface area contributed by atoms with E-state index in [1.165, 1.54) is 12.3 Å². The van der Waals surface area contributed by atoms with Gasteiger partial charge in [-0.3, -0.25) is 0 Å². The normalized spacial score (nSPS) is 15.3. The molecule has 0 amide bonds. The molecule has 0 aliphatic carbocycles. The third-order valence-corrected chi connectivity index (χ3v) is 6.70. The summed E-state index contributed by atoms with van der Waals surface area (Å²) in [5.74, 6) is 0. The van der Waals surface area contributed by atoms with Crippen molar-refractivity contribution in [3.8, 4) is 0 Å². The Morgan fingerprint density at radius 2 is 1.70 bits per heavy atom. The van der Waals surface area contributed by atoms with Crippen LogP contribution >= 0.6 is 7.26 Å². The van der Waals surface area contributed by atoms with E-state index in [2.05, 4.69) is 20.5 Å². The lowest BCUT2D eigenvalue weighted by Crippen LogP contribution is -2.13. The van der Waals surface area contributed by atoms with Crippen LogP contribution in [0.3, 0.4) is 0 Å². The summed E-state index contributed by atoms with van der Waals surface area (Å²) >= 11 is 0. The molecule has 1 atom stereocenters. The molecule has 2 heteroatoms. The summed E-state index contributed by atoms with van der Waals surface area (Å²) in [6.45, 7) is 8.71. The zero-order valence-corrected chi connectivity index (χ0v) is 8.49. The maximum Gasteiger partial charge on any atom is 0.0848 e. The van der Waals surface area contributed by atoms with Crippen molar-refractivity contribution in [2.45, 2.75) is 26.9 Å². The highest BCUT2D eigenvalue weighted by molar-refractivity contribution is 7.75. The first kappa shape index (κ1) is 10.4. The third kappa shape index (κ3) is 3.53. The molecular weight excluding hydrogens is 143 g/mol. The van der Waals surface area contributed by atoms with E-state index in [1.807, 2.05) is 6.92 Å². The van der Waals surface area contributed by atoms with Crippen molar-refractivity contribution in [2.24, 2.45) is 0 Å². The van der Waals surface area contributed by atoms with Gasteiger partial charge in [0.05, 0.1) is 24.6 Å². The Balaban J connectivity index is 3.80. The molecule has 0 aromatic rings. The summed E-state index contributed by atoms with van der Waals surface area (Å²) in [4.78, 5) is 0. The van der Waals surface area contributed by atoms with Gasteiger partial charge >= 0.3 is 0 Å². The molecule has 0 rings (SSSR count). The minimum Gasteiger partial charge on any atom is -0.390 e. The second-order valence-corrected chi connectivity index (χ2v) is 8.15. The quantitative estimate of drug-likeness (QED) is 0.629. The van der Waals surface area contributed by atoms with Crippen LogP contribution in [0.15, 0.2) is 0 Å². The van der Waals surface area contributed by atoms with Crippen LogP contribution in [0, 0.1) is 0 Å². The van der Waals surface area contributed by atoms with Crippen molar-refractivity contribution in [1.29, 1.82) is 0 Å². The SMILES string of the molecule is CC[P+](C)(CC)CC(C)O. The molecule has 0 aliphatic rings. The molecule has 0 aliphatic heterocycles. The van der Waals surface area contributed by atoms with Crippen molar-refractivity contribution in [2.75, 3.05) is 25.2 Å². The monoisotopic (exact) mass is 163 g/mol. The topological polar surface area (TPSA) is 20.2 Å². The standard InChI is InChI=1S/C8H20OP/c1-5-10(4,6-2)7-8(3)9/h8-9H,5-7H2,1-4H3/q+1. The third-order valence-electron chi connectivity index (χ3n) is 2.23. The highest BCUT2D eigenvalue weighted by Crippen LogP contribution is 2.54. The highest BCUT2D eigenvalue weighted by Gasteiger charge is 2.28. The molecule has 0 aromatic heterocycles. The fourth-order valence-electron chi connectivity index (χ4n) is 1.12. The van der Waals surface area contributed by atoms with E-state index in [9.17, 15) is 5.11 Å². The zero-order valence-electron chi connectivity index (χ0n) is 7.59. The number of hydrogen-bond donors (Lipinski definition) is 1. The first-order valence-corrected chi connectivity index (χ1v) is 6.85. The molecule has 0 spiro atoms. The van der Waals surface area contributed by atoms with Gasteiger partial charge in [0.1, 0.15) is 0 Å². The zero-order chi connectivity index (χ0) is 8.20. The largest absolute Gasteiger partial charge is 0.390 e. The lowest BCUT2D eigenvalue weighted by molar-refractivity contribution is 0.219. The number of aliphatic hydroxyl groups is 1. The van der Waals surface area contributed by atoms with Crippen LogP contribution in [0.4, 0.5) is 0 Å². The first-order valence-electron chi connectivity index (χ1n) is 4.05. The smallest absolute Gasteiger partial charge is 0.0848 e. The molecule has 0 radical (unpaired) electrons. The van der Waals surface area contributed by atoms with E-state index >= 15 is 0 Å². The van der Waals surface area contributed by atoms with Gasteiger partial charge in [-0.1, -0.05) is 0 Å². The van der Waals surface area contributed by atoms with Gasteiger partial charge in [-0.05, 0) is 20.8 Å². The van der Waals surface area contributed by atoms with Crippen LogP contribution in [0.25, 0.3) is 0 Å². The summed E-state index contributed by atoms with van der Waals surface area (Å²) in [6, 6.07) is 0. The Morgan fingerprint density at radius 1 is 1.30 bits per heavy atom. The Morgan fingerprint density at radius 3 is 1.80 bits per heavy atom. The van der Waals surface area contributed by atoms with Gasteiger partial charge in [-0.15, -0.1) is 0 Å². The molecule has 0 aromatic carbocycles. The summed E-state index contributed by atoms with van der Waals surface area (Å²) < 4.78 is 0. The van der Waals surface area contributed by atoms with Gasteiger partial charge in [0, 0.05) is 13.9 Å². The van der Waals surface area contributed by atoms with Crippen molar-refractivity contribution in [1.82, 2.24) is 0 Å². The molecule has 62 valence electrons. The predicted octanol–water partition coefficient (Wildman–Crippen LogP) is 2.05. The van der Waals surface area contributed by atoms with Gasteiger partial charge in [0.15, 0.2) is 0 Å². The molecule has 0 fully saturated rings. The van der Waals surface area contributed by atoms with Gasteiger partial charge in [0.25, 0.3) is 0 Å². The maximum absolute atomic E-state index is 9.18. The Bertz CT molecular complexity index is 87.3. The van der Waals surface area contributed by atoms with Crippen LogP contribution in [-0.2, 0) is 0 Å². The molecule has 0 saturated carbocycles. The summed E-state index contributed by atoms with van der Waals surface area (Å²) in [6.07, 6.45) is 3.49. The highest BCUT2D eigenvalue weighted by atomic mass is 31.2. The van der Waals surface area contributed by atoms with Crippen LogP contribution in [0.5, 0.6) is 0 Å². The van der Waals surface area contributed by atoms with Crippen LogP contribution in [-0.4, -0.2) is 36.4 Å². The van der Waals surface area contributed by atoms with Gasteiger partial charge in [-0.2, -0.15) is 0 Å². The van der Waals surface area contributed by atoms with Crippen molar-refractivity contribution >= 4 is 7.26 Å². The van der Waals surface area contributed by atoms with E-state index in [4.69, 9.17) is 0 Å². The van der Waals surface area contributed by atoms with E-state index < -0.39 is 7.26 Å². The second kappa shape index (κ2) is 4.31. The Labute approximate surface area is 65.2 Å². The summed E-state index contributed by atoms with van der Waals surface area (Å²) in [7, 11) is -0.737. The van der Waals surface area contributed by atoms with E-state index in [0.717, 1.165) is 6.16 Å². The average Bonchev–Trinajstić information content (AvgIpc) is 1.87. The van der Waals surface area contributed by atoms with Crippen LogP contribution < -0.4 is 0 Å². The fourth-order valence-corrected chi connectivity index (χ4v) is 3.36. The lowest BCUT2D eigenvalue weighted by Gasteiger charge is -2.20. The Kier molecular flexibility index (Phi) is 4.47. The van der Waals surface area contributed by atoms with Crippen molar-refractivity contribution < 1.29 is 5.11 Å². The lowest BCUT2D eigenvalue weighted by atomic mass is 10.5. The summed E-state index contributed by atoms with van der Waals surface area (Å²) in [5.41, 5.74) is 0. The number of hydrogen-bond acceptors (Lipinski definition) is 1. The van der Waals surface area contributed by atoms with Gasteiger partial charge in [-0.25, -0.2) is 0 Å². The molecular formula is C8H20OP+. The molecule has 1 N–H and O–H groups in total. The minimum atomic E-state index is -0.737. The van der Waals surface area contributed by atoms with E-state index in [0.29, 0.717) is 0 Å². The van der Waals surface area contributed by atoms with E-state index in [1.54, 1.807) is 0 Å². The second-order valence-electron chi connectivity index (χ2n) is 3.28. The van der Waals surface area contributed by atoms with Gasteiger partial charge < -0.3 is 5.11 Å². The number of rotatable bonds is 4. The average molecular weight is 163 g/mol. The summed E-state index contributed by atoms with van der Waals surface area (Å²) in [5, 5.41) is 9.18. The maximum atomic E-state index is 9.18. The Hall–Kier alpha value is 0.390. The molecule has 1 unspecified atom stereocenters. The van der Waals surface area contributed by atoms with Crippen LogP contribution in [0.2, 0.25) is 0 Å². The predicted molar refractivity (Wildman–Crippen MR) is 50.5 cm³/mol. The molecule has 0 heterocycles. The molecule has 1 nitrogen and oxygen atoms in total.